The maximum atomic E-state index is 12.5. The zero-order valence-corrected chi connectivity index (χ0v) is 12.9. The van der Waals surface area contributed by atoms with E-state index in [2.05, 4.69) is 10.6 Å². The largest absolute Gasteiger partial charge is 0.323 e. The normalized spacial score (nSPS) is 21.3. The number of rotatable bonds is 5. The molecule has 2 amide bonds. The van der Waals surface area contributed by atoms with E-state index < -0.39 is 0 Å². The van der Waals surface area contributed by atoms with Crippen LogP contribution < -0.4 is 10.6 Å². The molecule has 5 heteroatoms. The Labute approximate surface area is 130 Å². The number of urea groups is 1. The Balaban J connectivity index is 1.61. The molecule has 1 aliphatic heterocycles. The van der Waals surface area contributed by atoms with Gasteiger partial charge < -0.3 is 15.5 Å². The van der Waals surface area contributed by atoms with E-state index in [1.165, 1.54) is 19.3 Å². The Bertz CT molecular complexity index is 498. The van der Waals surface area contributed by atoms with Crippen LogP contribution in [0.25, 0.3) is 0 Å². The lowest BCUT2D eigenvalue weighted by molar-refractivity contribution is 0.203. The number of hydrogen-bond acceptors (Lipinski definition) is 2. The first kappa shape index (κ1) is 14.7. The van der Waals surface area contributed by atoms with Gasteiger partial charge in [0.25, 0.3) is 0 Å². The fourth-order valence-electron chi connectivity index (χ4n) is 2.80. The van der Waals surface area contributed by atoms with Crippen molar-refractivity contribution in [2.75, 3.05) is 25.0 Å². The summed E-state index contributed by atoms with van der Waals surface area (Å²) in [6.45, 7) is 2.73. The molecule has 1 unspecified atom stereocenters. The molecule has 21 heavy (non-hydrogen) atoms. The highest BCUT2D eigenvalue weighted by atomic mass is 35.5. The predicted octanol–water partition coefficient (Wildman–Crippen LogP) is 3.34. The lowest BCUT2D eigenvalue weighted by Crippen LogP contribution is -2.44. The van der Waals surface area contributed by atoms with Crippen molar-refractivity contribution in [2.45, 2.75) is 31.7 Å². The maximum absolute atomic E-state index is 12.5. The van der Waals surface area contributed by atoms with E-state index in [-0.39, 0.29) is 6.03 Å². The standard InChI is InChI=1S/C16H22ClN3O/c17-13-3-1-4-14(9-13)19-16(21)20(10-12-6-7-12)11-15-5-2-8-18-15/h1,3-4,9,12,15,18H,2,5-8,10-11H2,(H,19,21). The van der Waals surface area contributed by atoms with Crippen LogP contribution in [0.2, 0.25) is 5.02 Å². The van der Waals surface area contributed by atoms with Crippen LogP contribution in [0.3, 0.4) is 0 Å². The van der Waals surface area contributed by atoms with Gasteiger partial charge in [-0.25, -0.2) is 4.79 Å². The van der Waals surface area contributed by atoms with Crippen molar-refractivity contribution in [3.63, 3.8) is 0 Å². The van der Waals surface area contributed by atoms with Crippen LogP contribution >= 0.6 is 11.6 Å². The number of nitrogens with one attached hydrogen (secondary N) is 2. The van der Waals surface area contributed by atoms with Gasteiger partial charge in [0.15, 0.2) is 0 Å². The van der Waals surface area contributed by atoms with Gasteiger partial charge in [-0.2, -0.15) is 0 Å². The summed E-state index contributed by atoms with van der Waals surface area (Å²) in [5, 5.41) is 7.07. The predicted molar refractivity (Wildman–Crippen MR) is 85.8 cm³/mol. The highest BCUT2D eigenvalue weighted by molar-refractivity contribution is 6.30. The van der Waals surface area contributed by atoms with Crippen LogP contribution in [0.1, 0.15) is 25.7 Å². The second kappa shape index (κ2) is 6.67. The van der Waals surface area contributed by atoms with E-state index in [4.69, 9.17) is 11.6 Å². The summed E-state index contributed by atoms with van der Waals surface area (Å²) in [5.41, 5.74) is 0.757. The van der Waals surface area contributed by atoms with Crippen LogP contribution in [0, 0.1) is 5.92 Å². The van der Waals surface area contributed by atoms with Gasteiger partial charge in [-0.05, 0) is 56.3 Å². The second-order valence-electron chi connectivity index (χ2n) is 6.08. The Kier molecular flexibility index (Phi) is 4.66. The van der Waals surface area contributed by atoms with Crippen molar-refractivity contribution >= 4 is 23.3 Å². The summed E-state index contributed by atoms with van der Waals surface area (Å²) in [5.74, 6) is 0.691. The van der Waals surface area contributed by atoms with Crippen LogP contribution in [0.4, 0.5) is 10.5 Å². The van der Waals surface area contributed by atoms with E-state index in [0.717, 1.165) is 31.7 Å². The van der Waals surface area contributed by atoms with Gasteiger partial charge in [0.1, 0.15) is 0 Å². The number of benzene rings is 1. The van der Waals surface area contributed by atoms with E-state index in [0.29, 0.717) is 17.0 Å². The smallest absolute Gasteiger partial charge is 0.321 e. The van der Waals surface area contributed by atoms with E-state index in [1.54, 1.807) is 6.07 Å². The third kappa shape index (κ3) is 4.35. The first-order chi connectivity index (χ1) is 10.2. The Morgan fingerprint density at radius 1 is 1.33 bits per heavy atom. The number of amides is 2. The number of halogens is 1. The number of carbonyl (C=O) groups excluding carboxylic acids is 1. The fourth-order valence-corrected chi connectivity index (χ4v) is 2.99. The van der Waals surface area contributed by atoms with E-state index in [1.807, 2.05) is 23.1 Å². The number of hydrogen-bond donors (Lipinski definition) is 2. The molecule has 3 rings (SSSR count). The molecule has 1 aliphatic carbocycles. The SMILES string of the molecule is O=C(Nc1cccc(Cl)c1)N(CC1CC1)CC1CCCN1. The molecule has 0 spiro atoms. The van der Waals surface area contributed by atoms with Gasteiger partial charge in [0.2, 0.25) is 0 Å². The molecule has 0 bridgehead atoms. The molecular formula is C16H22ClN3O. The van der Waals surface area contributed by atoms with Crippen LogP contribution in [0.15, 0.2) is 24.3 Å². The van der Waals surface area contributed by atoms with E-state index >= 15 is 0 Å². The first-order valence-corrected chi connectivity index (χ1v) is 8.13. The third-order valence-corrected chi connectivity index (χ3v) is 4.38. The molecule has 0 aromatic heterocycles. The molecule has 1 saturated heterocycles. The topological polar surface area (TPSA) is 44.4 Å². The molecule has 1 aromatic carbocycles. The Morgan fingerprint density at radius 3 is 2.86 bits per heavy atom. The molecule has 114 valence electrons. The van der Waals surface area contributed by atoms with Gasteiger partial charge in [0.05, 0.1) is 0 Å². The van der Waals surface area contributed by atoms with E-state index in [9.17, 15) is 4.79 Å². The monoisotopic (exact) mass is 307 g/mol. The highest BCUT2D eigenvalue weighted by Gasteiger charge is 2.29. The average Bonchev–Trinajstić information content (AvgIpc) is 3.12. The minimum absolute atomic E-state index is 0.0159. The summed E-state index contributed by atoms with van der Waals surface area (Å²) in [6.07, 6.45) is 4.86. The maximum Gasteiger partial charge on any atom is 0.321 e. The Morgan fingerprint density at radius 2 is 2.19 bits per heavy atom. The molecule has 2 N–H and O–H groups in total. The molecule has 0 radical (unpaired) electrons. The summed E-state index contributed by atoms with van der Waals surface area (Å²) >= 11 is 5.96. The summed E-state index contributed by atoms with van der Waals surface area (Å²) in [7, 11) is 0. The third-order valence-electron chi connectivity index (χ3n) is 4.14. The summed E-state index contributed by atoms with van der Waals surface area (Å²) in [6, 6.07) is 7.73. The Hall–Kier alpha value is -1.26. The fraction of sp³-hybridized carbons (Fsp3) is 0.562. The van der Waals surface area contributed by atoms with Crippen molar-refractivity contribution in [3.8, 4) is 0 Å². The van der Waals surface area contributed by atoms with Crippen molar-refractivity contribution in [1.29, 1.82) is 0 Å². The van der Waals surface area contributed by atoms with Crippen LogP contribution in [-0.4, -0.2) is 36.6 Å². The lowest BCUT2D eigenvalue weighted by Gasteiger charge is -2.26. The molecule has 2 aliphatic rings. The number of nitrogens with zero attached hydrogens (tertiary/aromatic N) is 1. The first-order valence-electron chi connectivity index (χ1n) is 7.75. The van der Waals surface area contributed by atoms with Gasteiger partial charge in [0, 0.05) is 29.8 Å². The number of carbonyl (C=O) groups is 1. The molecule has 4 nitrogen and oxygen atoms in total. The summed E-state index contributed by atoms with van der Waals surface area (Å²) < 4.78 is 0. The van der Waals surface area contributed by atoms with Gasteiger partial charge in [-0.3, -0.25) is 0 Å². The molecule has 2 fully saturated rings. The minimum atomic E-state index is -0.0159. The number of anilines is 1. The quantitative estimate of drug-likeness (QED) is 0.876. The van der Waals surface area contributed by atoms with Gasteiger partial charge in [-0.1, -0.05) is 17.7 Å². The lowest BCUT2D eigenvalue weighted by atomic mass is 10.2. The molecule has 1 heterocycles. The van der Waals surface area contributed by atoms with Crippen molar-refractivity contribution in [1.82, 2.24) is 10.2 Å². The average molecular weight is 308 g/mol. The van der Waals surface area contributed by atoms with Gasteiger partial charge >= 0.3 is 6.03 Å². The van der Waals surface area contributed by atoms with Crippen molar-refractivity contribution < 1.29 is 4.79 Å². The minimum Gasteiger partial charge on any atom is -0.323 e. The second-order valence-corrected chi connectivity index (χ2v) is 6.52. The molecular weight excluding hydrogens is 286 g/mol. The van der Waals surface area contributed by atoms with Crippen LogP contribution in [-0.2, 0) is 0 Å². The van der Waals surface area contributed by atoms with Crippen LogP contribution in [0.5, 0.6) is 0 Å². The zero-order valence-electron chi connectivity index (χ0n) is 12.1. The molecule has 1 atom stereocenters. The zero-order chi connectivity index (χ0) is 14.7. The summed E-state index contributed by atoms with van der Waals surface area (Å²) in [4.78, 5) is 14.5. The van der Waals surface area contributed by atoms with Crippen molar-refractivity contribution in [3.05, 3.63) is 29.3 Å². The molecule has 1 aromatic rings. The van der Waals surface area contributed by atoms with Gasteiger partial charge in [-0.15, -0.1) is 0 Å². The molecule has 1 saturated carbocycles. The van der Waals surface area contributed by atoms with Crippen molar-refractivity contribution in [2.24, 2.45) is 5.92 Å². The highest BCUT2D eigenvalue weighted by Crippen LogP contribution is 2.30.